The third kappa shape index (κ3) is 7.50. The minimum atomic E-state index is -1.33. The van der Waals surface area contributed by atoms with Crippen LogP contribution in [0, 0.1) is 5.92 Å². The standard InChI is InChI=1S/C51H51N3O7/c55-33-12-11-29-23-40(49(59)46(24-29)61-34-8-1-2-9-34)48(58)32-7-3-6-31(25-32)35-13-14-42(54-50-38(35)18-22-53-50)39-27-43-37(17-21-52-43)41(47(39)45(57)26-33)28-51(60)19-15-30-5-4-10-44(56)36(30)16-20-51/h3-7,10,16-18,20-25,27,34-35,41-42,47-48,53,56,58-60H,1-2,8-9,11-15,19,26,28H2/q-2. The number of phenolic OH excluding ortho intramolecular Hbond substituents is 2. The van der Waals surface area contributed by atoms with E-state index in [4.69, 9.17) is 15.0 Å². The molecule has 2 aromatic heterocycles. The average Bonchev–Trinajstić information content (AvgIpc) is 4.01. The predicted molar refractivity (Wildman–Crippen MR) is 232 cm³/mol. The molecule has 1 aliphatic heterocycles. The second-order valence-electron chi connectivity index (χ2n) is 17.9. The summed E-state index contributed by atoms with van der Waals surface area (Å²) in [4.78, 5) is 37.3. The molecule has 1 saturated carbocycles. The molecule has 61 heavy (non-hydrogen) atoms. The summed E-state index contributed by atoms with van der Waals surface area (Å²) in [6.45, 7) is 0. The molecule has 0 spiro atoms. The summed E-state index contributed by atoms with van der Waals surface area (Å²) in [7, 11) is 0. The SMILES string of the molecule is O=C1CCc2cc(OC3CCCC3)c(O)c(c2)C(O)c2cccc(c2)C2CCC([N-]c3[nH]ccc32)C2=Cc3[n-]ccc3C(CC3(O)C=Cc4c(O)cccc4CC3)C2C(=O)C1. The van der Waals surface area contributed by atoms with Gasteiger partial charge in [0.15, 0.2) is 11.5 Å². The second kappa shape index (κ2) is 15.9. The summed E-state index contributed by atoms with van der Waals surface area (Å²) in [6.07, 6.45) is 14.3. The van der Waals surface area contributed by atoms with Crippen LogP contribution in [0.5, 0.6) is 17.2 Å². The number of phenols is 2. The average molecular weight is 818 g/mol. The van der Waals surface area contributed by atoms with Gasteiger partial charge >= 0.3 is 0 Å². The number of rotatable bonds is 4. The number of aryl methyl sites for hydroxylation is 2. The highest BCUT2D eigenvalue weighted by atomic mass is 16.5. The molecule has 1 fully saturated rings. The Morgan fingerprint density at radius 2 is 1.70 bits per heavy atom. The predicted octanol–water partition coefficient (Wildman–Crippen LogP) is 9.14. The number of ether oxygens (including phenoxy) is 1. The lowest BCUT2D eigenvalue weighted by Gasteiger charge is -2.42. The van der Waals surface area contributed by atoms with Crippen molar-refractivity contribution in [2.45, 2.75) is 113 Å². The Bertz CT molecular complexity index is 2560. The van der Waals surface area contributed by atoms with Crippen molar-refractivity contribution >= 4 is 29.5 Å². The van der Waals surface area contributed by atoms with Crippen molar-refractivity contribution in [1.82, 2.24) is 9.97 Å². The number of nitrogens with zero attached hydrogens (tertiary/aromatic N) is 2. The summed E-state index contributed by atoms with van der Waals surface area (Å²) >= 11 is 0. The van der Waals surface area contributed by atoms with Gasteiger partial charge in [-0.1, -0.05) is 89.9 Å². The van der Waals surface area contributed by atoms with Gasteiger partial charge in [0, 0.05) is 29.4 Å². The fraction of sp³-hybridized carbons (Fsp3) is 0.373. The van der Waals surface area contributed by atoms with Gasteiger partial charge in [0.1, 0.15) is 23.4 Å². The van der Waals surface area contributed by atoms with Gasteiger partial charge < -0.3 is 40.4 Å². The number of carbonyl (C=O) groups is 2. The maximum absolute atomic E-state index is 15.1. The van der Waals surface area contributed by atoms with E-state index >= 15 is 4.79 Å². The Labute approximate surface area is 355 Å². The summed E-state index contributed by atoms with van der Waals surface area (Å²) in [5, 5.41) is 52.1. The van der Waals surface area contributed by atoms with Crippen LogP contribution >= 0.6 is 0 Å². The maximum atomic E-state index is 15.1. The summed E-state index contributed by atoms with van der Waals surface area (Å²) in [6, 6.07) is 20.4. The smallest absolute Gasteiger partial charge is 0.163 e. The molecule has 6 bridgehead atoms. The molecule has 0 amide bonds. The number of carbonyl (C=O) groups excluding carboxylic acids is 2. The summed E-state index contributed by atoms with van der Waals surface area (Å²) < 4.78 is 6.36. The van der Waals surface area contributed by atoms with Crippen LogP contribution in [-0.4, -0.2) is 54.7 Å². The normalized spacial score (nSPS) is 26.4. The monoisotopic (exact) mass is 817 g/mol. The molecule has 10 rings (SSSR count). The van der Waals surface area contributed by atoms with Crippen molar-refractivity contribution in [2.24, 2.45) is 5.92 Å². The van der Waals surface area contributed by atoms with Crippen LogP contribution in [0.2, 0.25) is 0 Å². The molecule has 10 heteroatoms. The molecule has 4 aliphatic carbocycles. The fourth-order valence-corrected chi connectivity index (χ4v) is 10.8. The zero-order valence-electron chi connectivity index (χ0n) is 34.1. The summed E-state index contributed by atoms with van der Waals surface area (Å²) in [5.41, 5.74) is 6.35. The van der Waals surface area contributed by atoms with Crippen molar-refractivity contribution in [3.63, 3.8) is 0 Å². The number of aromatic amines is 1. The first kappa shape index (κ1) is 39.3. The van der Waals surface area contributed by atoms with Gasteiger partial charge in [-0.05, 0) is 122 Å². The number of nitrogens with one attached hydrogen (secondary N) is 1. The highest BCUT2D eigenvalue weighted by Gasteiger charge is 2.43. The van der Waals surface area contributed by atoms with Crippen LogP contribution in [0.4, 0.5) is 5.82 Å². The molecule has 5 aliphatic rings. The quantitative estimate of drug-likeness (QED) is 0.112. The molecule has 10 nitrogen and oxygen atoms in total. The number of Topliss-reactive ketones (excluding diaryl/α,β-unsaturated/α-hetero) is 2. The molecular formula is C51H51N3O7-2. The number of aromatic nitrogens is 2. The number of hydrogen-bond donors (Lipinski definition) is 5. The van der Waals surface area contributed by atoms with Crippen LogP contribution in [0.1, 0.15) is 132 Å². The van der Waals surface area contributed by atoms with Gasteiger partial charge in [0.25, 0.3) is 0 Å². The minimum absolute atomic E-state index is 0.0443. The molecule has 3 heterocycles. The Morgan fingerprint density at radius 3 is 2.57 bits per heavy atom. The maximum Gasteiger partial charge on any atom is 0.163 e. The van der Waals surface area contributed by atoms with Crippen molar-refractivity contribution in [1.29, 1.82) is 0 Å². The van der Waals surface area contributed by atoms with Gasteiger partial charge in [-0.2, -0.15) is 6.20 Å². The van der Waals surface area contributed by atoms with Crippen LogP contribution in [0.25, 0.3) is 17.5 Å². The number of aromatic hydroxyl groups is 2. The highest BCUT2D eigenvalue weighted by Crippen LogP contribution is 2.52. The van der Waals surface area contributed by atoms with E-state index in [2.05, 4.69) is 11.1 Å². The number of aliphatic hydroxyl groups excluding tert-OH is 1. The molecule has 3 aromatic carbocycles. The van der Waals surface area contributed by atoms with E-state index in [0.717, 1.165) is 64.8 Å². The van der Waals surface area contributed by atoms with Crippen molar-refractivity contribution < 1.29 is 34.8 Å². The highest BCUT2D eigenvalue weighted by molar-refractivity contribution is 6.02. The van der Waals surface area contributed by atoms with Crippen LogP contribution in [0.15, 0.2) is 90.8 Å². The van der Waals surface area contributed by atoms with E-state index in [0.29, 0.717) is 53.9 Å². The van der Waals surface area contributed by atoms with Crippen LogP contribution < -0.4 is 9.72 Å². The van der Waals surface area contributed by atoms with Gasteiger partial charge in [0.2, 0.25) is 0 Å². The Balaban J connectivity index is 1.06. The van der Waals surface area contributed by atoms with E-state index in [1.54, 1.807) is 36.5 Å². The third-order valence-corrected chi connectivity index (χ3v) is 14.0. The number of aliphatic hydroxyl groups is 2. The Hall–Kier alpha value is -5.84. The lowest BCUT2D eigenvalue weighted by molar-refractivity contribution is -0.129. The van der Waals surface area contributed by atoms with Crippen LogP contribution in [-0.2, 0) is 22.4 Å². The topological polar surface area (TPSA) is 168 Å². The van der Waals surface area contributed by atoms with Gasteiger partial charge in [-0.25, -0.2) is 0 Å². The number of H-pyrrole nitrogens is 1. The minimum Gasteiger partial charge on any atom is -0.664 e. The molecule has 5 N–H and O–H groups in total. The molecule has 6 atom stereocenters. The van der Waals surface area contributed by atoms with Crippen molar-refractivity contribution in [2.75, 3.05) is 0 Å². The number of ketones is 2. The fourth-order valence-electron chi connectivity index (χ4n) is 10.8. The Kier molecular flexibility index (Phi) is 10.2. The third-order valence-electron chi connectivity index (χ3n) is 14.0. The van der Waals surface area contributed by atoms with Gasteiger partial charge in [-0.3, -0.25) is 9.59 Å². The number of hydrogen-bond acceptors (Lipinski definition) is 7. The van der Waals surface area contributed by atoms with E-state index in [1.165, 1.54) is 0 Å². The van der Waals surface area contributed by atoms with E-state index in [9.17, 15) is 25.2 Å². The van der Waals surface area contributed by atoms with Gasteiger partial charge in [0.05, 0.1) is 18.1 Å². The lowest BCUT2D eigenvalue weighted by atomic mass is 9.67. The zero-order chi connectivity index (χ0) is 41.8. The summed E-state index contributed by atoms with van der Waals surface area (Å²) in [5.74, 6) is -0.754. The van der Waals surface area contributed by atoms with Crippen molar-refractivity contribution in [3.8, 4) is 17.2 Å². The van der Waals surface area contributed by atoms with Crippen molar-refractivity contribution in [3.05, 3.63) is 146 Å². The van der Waals surface area contributed by atoms with E-state index < -0.39 is 29.6 Å². The zero-order valence-corrected chi connectivity index (χ0v) is 34.1. The largest absolute Gasteiger partial charge is 0.664 e. The first-order valence-electron chi connectivity index (χ1n) is 21.9. The second-order valence-corrected chi connectivity index (χ2v) is 17.9. The molecule has 314 valence electrons. The van der Waals surface area contributed by atoms with E-state index in [-0.39, 0.29) is 60.8 Å². The number of fused-ring (bicyclic) bond motifs is 14. The van der Waals surface area contributed by atoms with E-state index in [1.807, 2.05) is 54.7 Å². The number of benzene rings is 3. The molecule has 5 aromatic rings. The first-order chi connectivity index (χ1) is 29.6. The molecule has 0 radical (unpaired) electrons. The van der Waals surface area contributed by atoms with Crippen LogP contribution in [0.3, 0.4) is 0 Å². The molecule has 6 unspecified atom stereocenters. The Morgan fingerprint density at radius 1 is 0.869 bits per heavy atom. The first-order valence-corrected chi connectivity index (χ1v) is 21.9. The van der Waals surface area contributed by atoms with Gasteiger partial charge in [-0.15, -0.1) is 5.69 Å². The molecule has 0 saturated heterocycles. The molecular weight excluding hydrogens is 767 g/mol. The lowest BCUT2D eigenvalue weighted by Crippen LogP contribution is -2.38.